The minimum Gasteiger partial charge on any atom is -0.489 e. The number of halogens is 2. The molecule has 0 aliphatic rings. The van der Waals surface area contributed by atoms with Crippen molar-refractivity contribution in [3.63, 3.8) is 0 Å². The van der Waals surface area contributed by atoms with Gasteiger partial charge in [0.15, 0.2) is 39.8 Å². The van der Waals surface area contributed by atoms with Crippen LogP contribution in [0.1, 0.15) is 25.3 Å². The molecule has 0 atom stereocenters. The molecule has 11 aromatic rings. The maximum atomic E-state index is 10.3. The first-order valence-electron chi connectivity index (χ1n) is 32.3. The fourth-order valence-electron chi connectivity index (χ4n) is 8.09. The number of diazo groups is 8. The molecule has 0 saturated heterocycles. The molecule has 0 radical (unpaired) electrons. The minimum absolute atomic E-state index is 0.107. The molecule has 0 aromatic heterocycles. The summed E-state index contributed by atoms with van der Waals surface area (Å²) in [4.78, 5) is 47.2. The number of para-hydroxylation sites is 2. The third-order valence-corrected chi connectivity index (χ3v) is 16.2. The van der Waals surface area contributed by atoms with Gasteiger partial charge in [-0.15, -0.1) is 9.32 Å². The number of aryl methyl sites for hydroxylation is 1. The molecule has 0 heterocycles. The van der Waals surface area contributed by atoms with Gasteiger partial charge in [0.25, 0.3) is 5.69 Å². The maximum absolute atomic E-state index is 10.3. The van der Waals surface area contributed by atoms with Gasteiger partial charge in [-0.05, 0) is 135 Å². The summed E-state index contributed by atoms with van der Waals surface area (Å²) < 4.78 is 34.7. The second-order valence-corrected chi connectivity index (χ2v) is 24.6. The predicted molar refractivity (Wildman–Crippen MR) is 429 cm³/mol. The Labute approximate surface area is 661 Å². The number of nitro groups is 1. The van der Waals surface area contributed by atoms with Crippen LogP contribution in [0.5, 0.6) is 34.5 Å². The maximum Gasteiger partial charge on any atom is 0.427 e. The number of nitro benzene ring substituents is 1. The molecular weight excluding hydrogens is 1520 g/mol. The summed E-state index contributed by atoms with van der Waals surface area (Å²) in [6.45, 7) is 4.66. The summed E-state index contributed by atoms with van der Waals surface area (Å²) in [6, 6.07) is 74.8. The van der Waals surface area contributed by atoms with E-state index in [0.717, 1.165) is 80.8 Å². The van der Waals surface area contributed by atoms with Crippen molar-refractivity contribution in [1.29, 1.82) is 43.1 Å². The highest BCUT2D eigenvalue weighted by atomic mass is 35.5. The normalized spacial score (nSPS) is 9.34. The summed E-state index contributed by atoms with van der Waals surface area (Å²) in [5.41, 5.74) is 8.80. The number of rotatable bonds is 21. The van der Waals surface area contributed by atoms with E-state index in [4.69, 9.17) is 99.4 Å². The van der Waals surface area contributed by atoms with Gasteiger partial charge in [0.05, 0.1) is 88.8 Å². The molecule has 560 valence electrons. The second kappa shape index (κ2) is 53.2. The first kappa shape index (κ1) is 89.8. The molecule has 30 nitrogen and oxygen atoms in total. The van der Waals surface area contributed by atoms with Crippen LogP contribution in [0.25, 0.3) is 39.8 Å². The third-order valence-electron chi connectivity index (χ3n) is 13.5. The van der Waals surface area contributed by atoms with E-state index in [2.05, 4.69) is 78.9 Å². The SMILES string of the molecule is CCCCNOOSc1ccc(OC)c([N+]#N)c1.COOSc1ccc(OC)c([N+]#N)c1.COc1cc([N+](=O)[O-])ccc1[N+]#N.COc1ccc(Cl)cc1[N+]#N.Cc1cc(Cl)ccc1[N+]#N.N#[N+]c1ccc(Nc2ccccc2)cc1.N#[N+]c1ccc(Oc2ccccc2)cc1.N#[N+]c1ccc(Sc2ccccc2)cc1. The first-order valence-corrected chi connectivity index (χ1v) is 35.3. The number of benzene rings is 11. The number of methoxy groups -OCH3 is 4. The number of hydrogen-bond acceptors (Lipinski definition) is 24. The summed E-state index contributed by atoms with van der Waals surface area (Å²) in [5.74, 6) is 3.14. The Hall–Kier alpha value is -13.6. The van der Waals surface area contributed by atoms with Crippen LogP contribution in [-0.4, -0.2) is 47.0 Å². The quantitative estimate of drug-likeness (QED) is 0.0168. The molecule has 0 aliphatic carbocycles. The Morgan fingerprint density at radius 2 is 0.829 bits per heavy atom. The van der Waals surface area contributed by atoms with Crippen molar-refractivity contribution in [2.45, 2.75) is 46.3 Å². The lowest BCUT2D eigenvalue weighted by Crippen LogP contribution is -2.14. The van der Waals surface area contributed by atoms with Gasteiger partial charge in [-0.3, -0.25) is 10.1 Å². The van der Waals surface area contributed by atoms with Gasteiger partial charge in [0, 0.05) is 108 Å². The van der Waals surface area contributed by atoms with Gasteiger partial charge in [-0.25, -0.2) is 4.89 Å². The lowest BCUT2D eigenvalue weighted by Gasteiger charge is -2.04. The number of hydrogen-bond donors (Lipinski definition) is 2. The van der Waals surface area contributed by atoms with E-state index < -0.39 is 4.92 Å². The van der Waals surface area contributed by atoms with E-state index in [1.54, 1.807) is 127 Å². The lowest BCUT2D eigenvalue weighted by molar-refractivity contribution is -0.384. The van der Waals surface area contributed by atoms with Crippen LogP contribution in [0.3, 0.4) is 0 Å². The molecular formula is C76H71Cl2N19O11S3+8. The lowest BCUT2D eigenvalue weighted by atomic mass is 10.2. The van der Waals surface area contributed by atoms with E-state index in [9.17, 15) is 10.1 Å². The van der Waals surface area contributed by atoms with E-state index in [1.165, 1.54) is 64.7 Å². The topological polar surface area (TPSA) is 375 Å². The number of nitrogens with zero attached hydrogens (tertiary/aromatic N) is 17. The van der Waals surface area contributed by atoms with Crippen molar-refractivity contribution in [1.82, 2.24) is 5.48 Å². The number of nitrogens with one attached hydrogen (secondary N) is 2. The van der Waals surface area contributed by atoms with Crippen molar-refractivity contribution < 1.29 is 47.2 Å². The summed E-state index contributed by atoms with van der Waals surface area (Å²) in [5, 5.41) is 83.1. The zero-order valence-electron chi connectivity index (χ0n) is 60.4. The Balaban J connectivity index is 0.000000269. The van der Waals surface area contributed by atoms with Crippen LogP contribution in [-0.2, 0) is 18.5 Å². The van der Waals surface area contributed by atoms with Crippen molar-refractivity contribution in [2.75, 3.05) is 47.4 Å². The fraction of sp³-hybridized carbons (Fsp3) is 0.132. The Morgan fingerprint density at radius 1 is 0.414 bits per heavy atom. The van der Waals surface area contributed by atoms with Gasteiger partial charge < -0.3 is 29.0 Å². The van der Waals surface area contributed by atoms with Crippen LogP contribution < -0.4 is 34.5 Å². The van der Waals surface area contributed by atoms with Crippen molar-refractivity contribution in [3.8, 4) is 34.5 Å². The van der Waals surface area contributed by atoms with Gasteiger partial charge >= 0.3 is 45.5 Å². The number of anilines is 2. The molecule has 0 bridgehead atoms. The van der Waals surface area contributed by atoms with Gasteiger partial charge in [0.1, 0.15) is 11.5 Å². The molecule has 35 heteroatoms. The fourth-order valence-corrected chi connectivity index (χ4v) is 10.2. The number of ether oxygens (including phenoxy) is 5. The van der Waals surface area contributed by atoms with Crippen LogP contribution in [0.4, 0.5) is 62.6 Å². The summed E-state index contributed by atoms with van der Waals surface area (Å²) >= 11 is 15.0. The third kappa shape index (κ3) is 34.7. The van der Waals surface area contributed by atoms with E-state index >= 15 is 0 Å². The molecule has 0 spiro atoms. The molecule has 0 aliphatic heterocycles. The largest absolute Gasteiger partial charge is 0.489 e. The average Bonchev–Trinajstić information content (AvgIpc) is 0.871. The average molecular weight is 1590 g/mol. The van der Waals surface area contributed by atoms with E-state index in [-0.39, 0.29) is 17.1 Å². The van der Waals surface area contributed by atoms with Crippen LogP contribution in [0, 0.1) is 60.2 Å². The molecule has 11 rings (SSSR count). The van der Waals surface area contributed by atoms with Gasteiger partial charge in [-0.1, -0.05) is 103 Å². The summed E-state index contributed by atoms with van der Waals surface area (Å²) in [7, 11) is 7.26. The second-order valence-electron chi connectivity index (χ2n) is 21.0. The van der Waals surface area contributed by atoms with E-state index in [0.29, 0.717) is 72.9 Å². The molecule has 0 fully saturated rings. The molecule has 0 unspecified atom stereocenters. The Morgan fingerprint density at radius 3 is 1.31 bits per heavy atom. The van der Waals surface area contributed by atoms with Gasteiger partial charge in [-0.2, -0.15) is 9.81 Å². The number of non-ortho nitro benzene ring substituents is 1. The van der Waals surface area contributed by atoms with E-state index in [1.807, 2.05) is 110 Å². The standard InChI is InChI=1S/C12H10N3.C12H9N2O.C12H9N2S.C11H16N3O3S.C8H9N2O3S.C7H6ClN2O.C7H6ClN2.C7H6N3O3/c13-15-12-8-6-11(7-9-12)14-10-4-2-1-3-5-10;2*13-14-10-6-8-12(9-7-10)15-11-4-2-1-3-5-11;1-3-4-7-13-16-17-18-9-5-6-11(15-2)10(8-9)14-12;1-11-8-4-3-6(14-13-12-2)5-7(8)10-9;1-11-7-3-2-5(8)4-6(7)10-9;1-5-4-6(8)2-3-7(5)10-9;1-13-7-4-5(10(11)12)2-3-6(7)9-8/h1-9,14H;2*1-9H;5-6,8,13H,3-4,7H2,1-2H3;3-5H,1-2H3;2-4H,1H3;2-4H,1H3;2-4H,1H3/q8*+1. The molecule has 0 saturated carbocycles. The number of hydroxylamine groups is 1. The smallest absolute Gasteiger partial charge is 0.427 e. The minimum atomic E-state index is -0.552. The molecule has 2 N–H and O–H groups in total. The van der Waals surface area contributed by atoms with Crippen LogP contribution >= 0.6 is 59.0 Å². The highest BCUT2D eigenvalue weighted by Gasteiger charge is 2.21. The van der Waals surface area contributed by atoms with Gasteiger partial charge in [0.2, 0.25) is 66.1 Å². The molecule has 11 aromatic carbocycles. The molecule has 111 heavy (non-hydrogen) atoms. The zero-order chi connectivity index (χ0) is 80.8. The van der Waals surface area contributed by atoms with Crippen molar-refractivity contribution >= 4 is 122 Å². The number of unbranched alkanes of at least 4 members (excludes halogenated alkanes) is 1. The first-order chi connectivity index (χ1) is 54.0. The highest BCUT2D eigenvalue weighted by Crippen LogP contribution is 2.36. The van der Waals surface area contributed by atoms with Crippen molar-refractivity contribution in [2.24, 2.45) is 0 Å². The Kier molecular flexibility index (Phi) is 43.1. The molecule has 0 amide bonds. The van der Waals surface area contributed by atoms with Crippen molar-refractivity contribution in [3.05, 3.63) is 320 Å². The highest BCUT2D eigenvalue weighted by molar-refractivity contribution is 7.99. The monoisotopic (exact) mass is 1590 g/mol. The predicted octanol–water partition coefficient (Wildman–Crippen LogP) is 26.5. The zero-order valence-corrected chi connectivity index (χ0v) is 64.4. The van der Waals surface area contributed by atoms with Crippen LogP contribution in [0.2, 0.25) is 10.0 Å². The summed E-state index contributed by atoms with van der Waals surface area (Å²) in [6.07, 6.45) is 2.10. The van der Waals surface area contributed by atoms with Crippen LogP contribution in [0.15, 0.2) is 274 Å². The Bertz CT molecular complexity index is 4830.